The molecule has 1 atom stereocenters. The second kappa shape index (κ2) is 7.06. The molecule has 106 valence electrons. The normalized spacial score (nSPS) is 11.7. The van der Waals surface area contributed by atoms with Crippen molar-refractivity contribution in [3.63, 3.8) is 0 Å². The lowest BCUT2D eigenvalue weighted by atomic mass is 9.92. The van der Waals surface area contributed by atoms with Crippen molar-refractivity contribution in [1.29, 1.82) is 5.26 Å². The molecular formula is C18H16ClNO. The first-order valence-electron chi connectivity index (χ1n) is 6.83. The van der Waals surface area contributed by atoms with E-state index in [1.165, 1.54) is 5.56 Å². The van der Waals surface area contributed by atoms with Gasteiger partial charge in [0.05, 0.1) is 6.07 Å². The topological polar surface area (TPSA) is 40.9 Å². The summed E-state index contributed by atoms with van der Waals surface area (Å²) in [5.74, 6) is -0.811. The zero-order chi connectivity index (χ0) is 15.2. The first-order valence-corrected chi connectivity index (χ1v) is 7.21. The maximum atomic E-state index is 12.3. The fourth-order valence-electron chi connectivity index (χ4n) is 2.19. The maximum Gasteiger partial charge on any atom is 0.154 e. The molecule has 0 heterocycles. The molecule has 0 aliphatic carbocycles. The zero-order valence-electron chi connectivity index (χ0n) is 11.8. The molecule has 0 fully saturated rings. The third-order valence-corrected chi connectivity index (χ3v) is 3.65. The lowest BCUT2D eigenvalue weighted by molar-refractivity contribution is -0.119. The van der Waals surface area contributed by atoms with Gasteiger partial charge in [0.15, 0.2) is 5.78 Å². The Morgan fingerprint density at radius 3 is 2.57 bits per heavy atom. The van der Waals surface area contributed by atoms with E-state index in [0.29, 0.717) is 23.4 Å². The highest BCUT2D eigenvalue weighted by Gasteiger charge is 2.19. The van der Waals surface area contributed by atoms with E-state index in [9.17, 15) is 10.1 Å². The molecule has 0 aliphatic rings. The van der Waals surface area contributed by atoms with Gasteiger partial charge in [-0.1, -0.05) is 53.6 Å². The fraction of sp³-hybridized carbons (Fsp3) is 0.222. The van der Waals surface area contributed by atoms with Gasteiger partial charge in [0.25, 0.3) is 0 Å². The first kappa shape index (κ1) is 15.3. The zero-order valence-corrected chi connectivity index (χ0v) is 12.6. The molecule has 0 aromatic heterocycles. The Morgan fingerprint density at radius 2 is 1.95 bits per heavy atom. The van der Waals surface area contributed by atoms with Gasteiger partial charge < -0.3 is 0 Å². The maximum absolute atomic E-state index is 12.3. The molecule has 21 heavy (non-hydrogen) atoms. The van der Waals surface area contributed by atoms with Crippen molar-refractivity contribution in [3.05, 3.63) is 70.2 Å². The average Bonchev–Trinajstić information content (AvgIpc) is 2.47. The number of carbonyl (C=O) groups excluding carboxylic acids is 1. The van der Waals surface area contributed by atoms with E-state index in [1.807, 2.05) is 31.2 Å². The van der Waals surface area contributed by atoms with E-state index in [0.717, 1.165) is 5.56 Å². The van der Waals surface area contributed by atoms with Crippen LogP contribution in [0.2, 0.25) is 5.02 Å². The molecule has 3 heteroatoms. The van der Waals surface area contributed by atoms with Crippen molar-refractivity contribution in [2.75, 3.05) is 0 Å². The number of Topliss-reactive ketones (excluding diaryl/α,β-unsaturated/α-hetero) is 1. The molecule has 0 N–H and O–H groups in total. The molecule has 0 bridgehead atoms. The van der Waals surface area contributed by atoms with Crippen molar-refractivity contribution in [1.82, 2.24) is 0 Å². The van der Waals surface area contributed by atoms with Crippen LogP contribution in [0.1, 0.15) is 29.0 Å². The van der Waals surface area contributed by atoms with E-state index in [4.69, 9.17) is 11.6 Å². The summed E-state index contributed by atoms with van der Waals surface area (Å²) in [7, 11) is 0. The van der Waals surface area contributed by atoms with E-state index in [-0.39, 0.29) is 5.78 Å². The molecule has 0 aliphatic heterocycles. The summed E-state index contributed by atoms with van der Waals surface area (Å²) in [5, 5.41) is 9.80. The number of rotatable bonds is 5. The highest BCUT2D eigenvalue weighted by atomic mass is 35.5. The first-order chi connectivity index (χ1) is 10.1. The lowest BCUT2D eigenvalue weighted by Gasteiger charge is -2.09. The van der Waals surface area contributed by atoms with Crippen LogP contribution in [-0.4, -0.2) is 5.78 Å². The smallest absolute Gasteiger partial charge is 0.154 e. The molecule has 2 rings (SSSR count). The van der Waals surface area contributed by atoms with Crippen molar-refractivity contribution in [3.8, 4) is 6.07 Å². The second-order valence-corrected chi connectivity index (χ2v) is 5.51. The summed E-state index contributed by atoms with van der Waals surface area (Å²) in [6.45, 7) is 2.03. The molecular weight excluding hydrogens is 282 g/mol. The minimum absolute atomic E-state index is 0.0691. The Hall–Kier alpha value is -2.11. The average molecular weight is 298 g/mol. The number of halogens is 1. The highest BCUT2D eigenvalue weighted by Crippen LogP contribution is 2.22. The Morgan fingerprint density at radius 1 is 1.24 bits per heavy atom. The Balaban J connectivity index is 2.04. The predicted molar refractivity (Wildman–Crippen MR) is 84.3 cm³/mol. The van der Waals surface area contributed by atoms with Gasteiger partial charge in [0, 0.05) is 11.4 Å². The molecule has 0 amide bonds. The van der Waals surface area contributed by atoms with Gasteiger partial charge in [0.2, 0.25) is 0 Å². The molecule has 0 saturated heterocycles. The van der Waals surface area contributed by atoms with Gasteiger partial charge in [-0.05, 0) is 36.6 Å². The lowest BCUT2D eigenvalue weighted by Crippen LogP contribution is -2.11. The summed E-state index contributed by atoms with van der Waals surface area (Å²) >= 11 is 5.92. The van der Waals surface area contributed by atoms with Crippen molar-refractivity contribution in [2.45, 2.75) is 25.7 Å². The fourth-order valence-corrected chi connectivity index (χ4v) is 2.38. The van der Waals surface area contributed by atoms with E-state index >= 15 is 0 Å². The summed E-state index contributed by atoms with van der Waals surface area (Å²) in [6.07, 6.45) is 1.01. The van der Waals surface area contributed by atoms with Crippen LogP contribution in [0.3, 0.4) is 0 Å². The van der Waals surface area contributed by atoms with E-state index in [2.05, 4.69) is 6.07 Å². The third-order valence-electron chi connectivity index (χ3n) is 3.41. The van der Waals surface area contributed by atoms with Crippen LogP contribution < -0.4 is 0 Å². The SMILES string of the molecule is Cc1ccc(CCC(=O)C(C#N)c2cccc(Cl)c2)cc1. The number of nitriles is 1. The largest absolute Gasteiger partial charge is 0.298 e. The molecule has 0 spiro atoms. The van der Waals surface area contributed by atoms with Gasteiger partial charge in [-0.25, -0.2) is 0 Å². The second-order valence-electron chi connectivity index (χ2n) is 5.07. The van der Waals surface area contributed by atoms with E-state index in [1.54, 1.807) is 24.3 Å². The molecule has 2 nitrogen and oxygen atoms in total. The van der Waals surface area contributed by atoms with Crippen molar-refractivity contribution in [2.24, 2.45) is 0 Å². The quantitative estimate of drug-likeness (QED) is 0.817. The van der Waals surface area contributed by atoms with Crippen molar-refractivity contribution < 1.29 is 4.79 Å². The van der Waals surface area contributed by atoms with Crippen LogP contribution in [-0.2, 0) is 11.2 Å². The Bertz CT molecular complexity index is 670. The van der Waals surface area contributed by atoms with Gasteiger partial charge in [0.1, 0.15) is 5.92 Å². The summed E-state index contributed by atoms with van der Waals surface area (Å²) in [4.78, 5) is 12.3. The minimum Gasteiger partial charge on any atom is -0.298 e. The minimum atomic E-state index is -0.742. The highest BCUT2D eigenvalue weighted by molar-refractivity contribution is 6.30. The molecule has 0 saturated carbocycles. The molecule has 2 aromatic carbocycles. The van der Waals surface area contributed by atoms with Crippen LogP contribution in [0.5, 0.6) is 0 Å². The third kappa shape index (κ3) is 4.18. The van der Waals surface area contributed by atoms with Gasteiger partial charge in [-0.3, -0.25) is 4.79 Å². The Labute approximate surface area is 130 Å². The molecule has 0 radical (unpaired) electrons. The summed E-state index contributed by atoms with van der Waals surface area (Å²) in [6, 6.07) is 17.1. The monoisotopic (exact) mass is 297 g/mol. The van der Waals surface area contributed by atoms with Crippen LogP contribution >= 0.6 is 11.6 Å². The number of carbonyl (C=O) groups is 1. The standard InChI is InChI=1S/C18H16ClNO/c1-13-5-7-14(8-6-13)9-10-18(21)17(12-20)15-3-2-4-16(19)11-15/h2-8,11,17H,9-10H2,1H3. The Kier molecular flexibility index (Phi) is 5.14. The van der Waals surface area contributed by atoms with Crippen LogP contribution in [0.25, 0.3) is 0 Å². The van der Waals surface area contributed by atoms with Gasteiger partial charge >= 0.3 is 0 Å². The number of aryl methyl sites for hydroxylation is 2. The van der Waals surface area contributed by atoms with Gasteiger partial charge in [-0.15, -0.1) is 0 Å². The van der Waals surface area contributed by atoms with Gasteiger partial charge in [-0.2, -0.15) is 5.26 Å². The number of nitrogens with zero attached hydrogens (tertiary/aromatic N) is 1. The van der Waals surface area contributed by atoms with Crippen molar-refractivity contribution >= 4 is 17.4 Å². The van der Waals surface area contributed by atoms with E-state index < -0.39 is 5.92 Å². The van der Waals surface area contributed by atoms with Crippen LogP contribution in [0.4, 0.5) is 0 Å². The number of hydrogen-bond acceptors (Lipinski definition) is 2. The predicted octanol–water partition coefficient (Wildman–Crippen LogP) is 4.46. The number of hydrogen-bond donors (Lipinski definition) is 0. The molecule has 1 unspecified atom stereocenters. The number of benzene rings is 2. The molecule has 2 aromatic rings. The number of ketones is 1. The summed E-state index contributed by atoms with van der Waals surface area (Å²) in [5.41, 5.74) is 2.97. The van der Waals surface area contributed by atoms with Crippen LogP contribution in [0, 0.1) is 18.3 Å². The van der Waals surface area contributed by atoms with Crippen LogP contribution in [0.15, 0.2) is 48.5 Å². The summed E-state index contributed by atoms with van der Waals surface area (Å²) < 4.78 is 0.